The van der Waals surface area contributed by atoms with Crippen LogP contribution in [0.15, 0.2) is 30.3 Å². The summed E-state index contributed by atoms with van der Waals surface area (Å²) in [5.74, 6) is -0.127. The molecule has 0 bridgehead atoms. The Morgan fingerprint density at radius 3 is 2.70 bits per heavy atom. The molecule has 5 heteroatoms. The summed E-state index contributed by atoms with van der Waals surface area (Å²) in [6.07, 6.45) is 1.48. The normalized spacial score (nSPS) is 24.4. The van der Waals surface area contributed by atoms with Crippen LogP contribution in [0, 0.1) is 0 Å². The molecule has 108 valence electrons. The Bertz CT molecular complexity index is 473. The lowest BCUT2D eigenvalue weighted by Crippen LogP contribution is -2.50. The summed E-state index contributed by atoms with van der Waals surface area (Å²) in [7, 11) is 0. The van der Waals surface area contributed by atoms with Crippen molar-refractivity contribution in [3.8, 4) is 0 Å². The molecule has 1 aliphatic rings. The predicted octanol–water partition coefficient (Wildman–Crippen LogP) is 0.512. The number of carbonyl (C=O) groups is 2. The Labute approximate surface area is 118 Å². The second-order valence-corrected chi connectivity index (χ2v) is 5.28. The molecule has 1 saturated heterocycles. The van der Waals surface area contributed by atoms with Crippen LogP contribution < -0.4 is 16.4 Å². The molecule has 1 heterocycles. The molecule has 1 aromatic carbocycles. The van der Waals surface area contributed by atoms with E-state index in [1.54, 1.807) is 6.92 Å². The SMILES string of the molecule is C[C@H](N)C(=O)N[C@H]1CC[C@H](c2ccccc2)CNC1=O. The molecule has 1 aromatic rings. The van der Waals surface area contributed by atoms with E-state index in [1.807, 2.05) is 18.2 Å². The zero-order valence-corrected chi connectivity index (χ0v) is 11.6. The molecule has 0 aromatic heterocycles. The molecular formula is C15H21N3O2. The molecule has 2 amide bonds. The molecule has 3 atom stereocenters. The first-order chi connectivity index (χ1) is 9.58. The zero-order chi connectivity index (χ0) is 14.5. The van der Waals surface area contributed by atoms with Gasteiger partial charge in [0, 0.05) is 12.5 Å². The monoisotopic (exact) mass is 275 g/mol. The Hall–Kier alpha value is -1.88. The lowest BCUT2D eigenvalue weighted by molar-refractivity contribution is -0.129. The second kappa shape index (κ2) is 6.52. The van der Waals surface area contributed by atoms with Gasteiger partial charge in [-0.15, -0.1) is 0 Å². The Balaban J connectivity index is 2.00. The van der Waals surface area contributed by atoms with E-state index in [4.69, 9.17) is 5.73 Å². The topological polar surface area (TPSA) is 84.2 Å². The average Bonchev–Trinajstić information content (AvgIpc) is 2.63. The van der Waals surface area contributed by atoms with Crippen LogP contribution in [-0.4, -0.2) is 30.4 Å². The standard InChI is InChI=1S/C15H21N3O2/c1-10(16)14(19)18-13-8-7-12(9-17-15(13)20)11-5-3-2-4-6-11/h2-6,10,12-13H,7-9,16H2,1H3,(H,17,20)(H,18,19)/t10-,12-,13-/m0/s1. The van der Waals surface area contributed by atoms with Gasteiger partial charge in [-0.1, -0.05) is 30.3 Å². The Morgan fingerprint density at radius 2 is 2.05 bits per heavy atom. The average molecular weight is 275 g/mol. The fourth-order valence-electron chi connectivity index (χ4n) is 2.40. The second-order valence-electron chi connectivity index (χ2n) is 5.28. The maximum atomic E-state index is 12.0. The first-order valence-electron chi connectivity index (χ1n) is 6.96. The van der Waals surface area contributed by atoms with Crippen molar-refractivity contribution in [2.75, 3.05) is 6.54 Å². The fraction of sp³-hybridized carbons (Fsp3) is 0.467. The molecule has 1 fully saturated rings. The Morgan fingerprint density at radius 1 is 1.35 bits per heavy atom. The molecule has 5 nitrogen and oxygen atoms in total. The van der Waals surface area contributed by atoms with E-state index in [0.29, 0.717) is 13.0 Å². The molecule has 20 heavy (non-hydrogen) atoms. The lowest BCUT2D eigenvalue weighted by atomic mass is 9.94. The van der Waals surface area contributed by atoms with Crippen molar-refractivity contribution in [1.82, 2.24) is 10.6 Å². The number of carbonyl (C=O) groups excluding carboxylic acids is 2. The minimum Gasteiger partial charge on any atom is -0.354 e. The van der Waals surface area contributed by atoms with Crippen molar-refractivity contribution < 1.29 is 9.59 Å². The summed E-state index contributed by atoms with van der Waals surface area (Å²) in [6, 6.07) is 9.02. The first-order valence-corrected chi connectivity index (χ1v) is 6.96. The van der Waals surface area contributed by atoms with E-state index in [-0.39, 0.29) is 17.7 Å². The predicted molar refractivity (Wildman–Crippen MR) is 77.0 cm³/mol. The third-order valence-electron chi connectivity index (χ3n) is 3.64. The van der Waals surface area contributed by atoms with Crippen molar-refractivity contribution in [3.05, 3.63) is 35.9 Å². The molecule has 0 radical (unpaired) electrons. The van der Waals surface area contributed by atoms with E-state index in [2.05, 4.69) is 22.8 Å². The van der Waals surface area contributed by atoms with Gasteiger partial charge in [0.25, 0.3) is 0 Å². The van der Waals surface area contributed by atoms with E-state index in [9.17, 15) is 9.59 Å². The van der Waals surface area contributed by atoms with Crippen molar-refractivity contribution in [1.29, 1.82) is 0 Å². The van der Waals surface area contributed by atoms with Crippen LogP contribution >= 0.6 is 0 Å². The van der Waals surface area contributed by atoms with Gasteiger partial charge in [-0.2, -0.15) is 0 Å². The molecule has 0 spiro atoms. The molecule has 2 rings (SSSR count). The molecule has 0 aliphatic carbocycles. The summed E-state index contributed by atoms with van der Waals surface area (Å²) in [4.78, 5) is 23.6. The van der Waals surface area contributed by atoms with Gasteiger partial charge in [0.2, 0.25) is 11.8 Å². The highest BCUT2D eigenvalue weighted by molar-refractivity contribution is 5.89. The van der Waals surface area contributed by atoms with E-state index < -0.39 is 12.1 Å². The highest BCUT2D eigenvalue weighted by Gasteiger charge is 2.27. The summed E-state index contributed by atoms with van der Waals surface area (Å²) >= 11 is 0. The quantitative estimate of drug-likeness (QED) is 0.751. The van der Waals surface area contributed by atoms with Crippen molar-refractivity contribution in [2.24, 2.45) is 5.73 Å². The number of nitrogens with two attached hydrogens (primary N) is 1. The smallest absolute Gasteiger partial charge is 0.242 e. The van der Waals surface area contributed by atoms with Gasteiger partial charge in [-0.05, 0) is 25.3 Å². The van der Waals surface area contributed by atoms with Crippen molar-refractivity contribution in [2.45, 2.75) is 37.8 Å². The molecule has 0 saturated carbocycles. The van der Waals surface area contributed by atoms with E-state index >= 15 is 0 Å². The summed E-state index contributed by atoms with van der Waals surface area (Å²) in [5, 5.41) is 5.60. The highest BCUT2D eigenvalue weighted by atomic mass is 16.2. The molecular weight excluding hydrogens is 254 g/mol. The van der Waals surface area contributed by atoms with Crippen LogP contribution in [0.4, 0.5) is 0 Å². The van der Waals surface area contributed by atoms with Crippen LogP contribution in [0.1, 0.15) is 31.2 Å². The van der Waals surface area contributed by atoms with Crippen LogP contribution in [0.2, 0.25) is 0 Å². The maximum Gasteiger partial charge on any atom is 0.242 e. The van der Waals surface area contributed by atoms with Crippen LogP contribution in [0.25, 0.3) is 0 Å². The Kier molecular flexibility index (Phi) is 4.74. The molecule has 0 unspecified atom stereocenters. The van der Waals surface area contributed by atoms with Crippen LogP contribution in [-0.2, 0) is 9.59 Å². The van der Waals surface area contributed by atoms with Gasteiger partial charge in [-0.3, -0.25) is 9.59 Å². The number of nitrogens with one attached hydrogen (secondary N) is 2. The number of rotatable bonds is 3. The van der Waals surface area contributed by atoms with Gasteiger partial charge in [0.05, 0.1) is 6.04 Å². The van der Waals surface area contributed by atoms with Crippen molar-refractivity contribution >= 4 is 11.8 Å². The molecule has 4 N–H and O–H groups in total. The van der Waals surface area contributed by atoms with Gasteiger partial charge in [0.1, 0.15) is 6.04 Å². The number of benzene rings is 1. The van der Waals surface area contributed by atoms with Gasteiger partial charge >= 0.3 is 0 Å². The largest absolute Gasteiger partial charge is 0.354 e. The summed E-state index contributed by atoms with van der Waals surface area (Å²) in [5.41, 5.74) is 6.73. The number of hydrogen-bond donors (Lipinski definition) is 3. The first kappa shape index (κ1) is 14.5. The number of amides is 2. The summed E-state index contributed by atoms with van der Waals surface area (Å²) < 4.78 is 0. The third kappa shape index (κ3) is 3.57. The minimum absolute atomic E-state index is 0.127. The minimum atomic E-state index is -0.601. The number of hydrogen-bond acceptors (Lipinski definition) is 3. The zero-order valence-electron chi connectivity index (χ0n) is 11.6. The molecule has 1 aliphatic heterocycles. The van der Waals surface area contributed by atoms with Crippen LogP contribution in [0.3, 0.4) is 0 Å². The third-order valence-corrected chi connectivity index (χ3v) is 3.64. The van der Waals surface area contributed by atoms with E-state index in [0.717, 1.165) is 6.42 Å². The highest BCUT2D eigenvalue weighted by Crippen LogP contribution is 2.23. The lowest BCUT2D eigenvalue weighted by Gasteiger charge is -2.16. The van der Waals surface area contributed by atoms with Gasteiger partial charge in [0.15, 0.2) is 0 Å². The summed E-state index contributed by atoms with van der Waals surface area (Å²) in [6.45, 7) is 2.21. The van der Waals surface area contributed by atoms with Crippen molar-refractivity contribution in [3.63, 3.8) is 0 Å². The van der Waals surface area contributed by atoms with Gasteiger partial charge < -0.3 is 16.4 Å². The fourth-order valence-corrected chi connectivity index (χ4v) is 2.40. The van der Waals surface area contributed by atoms with Gasteiger partial charge in [-0.25, -0.2) is 0 Å². The van der Waals surface area contributed by atoms with E-state index in [1.165, 1.54) is 5.56 Å². The van der Waals surface area contributed by atoms with Crippen LogP contribution in [0.5, 0.6) is 0 Å². The maximum absolute atomic E-state index is 12.0.